The van der Waals surface area contributed by atoms with Gasteiger partial charge >= 0.3 is 0 Å². The maximum Gasteiger partial charge on any atom is 0.122 e. The molecule has 14 aromatic carbocycles. The average molecular weight is 1350 g/mol. The molecule has 0 N–H and O–H groups in total. The van der Waals surface area contributed by atoms with Gasteiger partial charge in [0.25, 0.3) is 0 Å². The average Bonchev–Trinajstić information content (AvgIpc) is 0.830. The second-order valence-electron chi connectivity index (χ2n) is 28.5. The first-order chi connectivity index (χ1) is 51.5. The number of rotatable bonds is 30. The number of benzene rings is 14. The fraction of sp³-hybridized carbons (Fsp3) is 0.176. The van der Waals surface area contributed by atoms with Gasteiger partial charge in [-0.25, -0.2) is 0 Å². The van der Waals surface area contributed by atoms with Crippen LogP contribution in [-0.2, 0) is 94.6 Å². The van der Waals surface area contributed by atoms with Crippen molar-refractivity contribution in [2.45, 2.75) is 103 Å². The van der Waals surface area contributed by atoms with E-state index < -0.39 is 0 Å². The molecule has 1 saturated heterocycles. The molecular formula is C102H92O2. The summed E-state index contributed by atoms with van der Waals surface area (Å²) in [4.78, 5) is 0. The van der Waals surface area contributed by atoms with Gasteiger partial charge in [-0.05, 0) is 240 Å². The van der Waals surface area contributed by atoms with E-state index in [4.69, 9.17) is 9.47 Å². The molecule has 0 radical (unpaired) electrons. The van der Waals surface area contributed by atoms with Crippen molar-refractivity contribution in [2.75, 3.05) is 13.2 Å². The Morgan fingerprint density at radius 2 is 0.317 bits per heavy atom. The van der Waals surface area contributed by atoms with Crippen LogP contribution in [0.3, 0.4) is 0 Å². The Balaban J connectivity index is 0.613. The van der Waals surface area contributed by atoms with Crippen molar-refractivity contribution in [1.29, 1.82) is 0 Å². The molecule has 15 rings (SSSR count). The second kappa shape index (κ2) is 33.8. The summed E-state index contributed by atoms with van der Waals surface area (Å²) in [6.45, 7) is 3.65. The molecule has 1 unspecified atom stereocenters. The van der Waals surface area contributed by atoms with E-state index in [1.54, 1.807) is 0 Å². The lowest BCUT2D eigenvalue weighted by Crippen LogP contribution is -2.07. The first-order valence-corrected chi connectivity index (χ1v) is 37.7. The van der Waals surface area contributed by atoms with Gasteiger partial charge in [0.1, 0.15) is 18.5 Å². The zero-order valence-corrected chi connectivity index (χ0v) is 60.0. The number of hydrogen-bond donors (Lipinski definition) is 0. The molecule has 1 aliphatic rings. The molecule has 0 bridgehead atoms. The van der Waals surface area contributed by atoms with E-state index in [0.717, 1.165) is 102 Å². The second-order valence-corrected chi connectivity index (χ2v) is 28.5. The largest absolute Gasteiger partial charge is 0.490 e. The maximum absolute atomic E-state index is 6.26. The van der Waals surface area contributed by atoms with Crippen molar-refractivity contribution in [3.8, 4) is 5.75 Å². The maximum atomic E-state index is 6.26. The molecule has 2 nitrogen and oxygen atoms in total. The highest BCUT2D eigenvalue weighted by atomic mass is 16.6. The molecule has 0 aromatic heterocycles. The van der Waals surface area contributed by atoms with Gasteiger partial charge in [-0.1, -0.05) is 341 Å². The number of hydrogen-bond acceptors (Lipinski definition) is 2. The van der Waals surface area contributed by atoms with Crippen LogP contribution in [0.1, 0.15) is 157 Å². The summed E-state index contributed by atoms with van der Waals surface area (Å²) < 4.78 is 11.7. The summed E-state index contributed by atoms with van der Waals surface area (Å²) in [5.41, 5.74) is 37.2. The van der Waals surface area contributed by atoms with E-state index >= 15 is 0 Å². The zero-order chi connectivity index (χ0) is 70.1. The summed E-state index contributed by atoms with van der Waals surface area (Å²) in [5.74, 6) is 0.944. The Bertz CT molecular complexity index is 5220. The quantitative estimate of drug-likeness (QED) is 0.0419. The van der Waals surface area contributed by atoms with Gasteiger partial charge in [0, 0.05) is 6.42 Å². The van der Waals surface area contributed by atoms with E-state index in [0.29, 0.717) is 6.61 Å². The van der Waals surface area contributed by atoms with Gasteiger partial charge in [0.2, 0.25) is 0 Å². The van der Waals surface area contributed by atoms with E-state index in [1.165, 1.54) is 150 Å². The summed E-state index contributed by atoms with van der Waals surface area (Å²) in [6.07, 6.45) is 12.7. The summed E-state index contributed by atoms with van der Waals surface area (Å²) in [6, 6.07) is 127. The van der Waals surface area contributed by atoms with Crippen molar-refractivity contribution < 1.29 is 9.47 Å². The molecule has 1 heterocycles. The molecule has 0 saturated carbocycles. The number of para-hydroxylation sites is 1. The van der Waals surface area contributed by atoms with Gasteiger partial charge in [0.15, 0.2) is 0 Å². The van der Waals surface area contributed by atoms with Gasteiger partial charge in [-0.15, -0.1) is 0 Å². The van der Waals surface area contributed by atoms with E-state index in [1.807, 2.05) is 0 Å². The van der Waals surface area contributed by atoms with Crippen molar-refractivity contribution in [3.05, 3.63) is 490 Å². The monoisotopic (exact) mass is 1350 g/mol. The number of aryl methyl sites for hydroxylation is 1. The predicted octanol–water partition coefficient (Wildman–Crippen LogP) is 22.7. The fourth-order valence-electron chi connectivity index (χ4n) is 15.7. The van der Waals surface area contributed by atoms with Gasteiger partial charge in [-0.2, -0.15) is 0 Å². The van der Waals surface area contributed by atoms with Crippen molar-refractivity contribution in [1.82, 2.24) is 0 Å². The third-order valence-electron chi connectivity index (χ3n) is 21.7. The van der Waals surface area contributed by atoms with Crippen LogP contribution in [0.25, 0.3) is 0 Å². The fourth-order valence-corrected chi connectivity index (χ4v) is 15.7. The molecule has 0 amide bonds. The Labute approximate surface area is 617 Å². The molecule has 0 spiro atoms. The predicted molar refractivity (Wildman–Crippen MR) is 431 cm³/mol. The number of epoxide rings is 1. The minimum atomic E-state index is 0.215. The normalized spacial score (nSPS) is 12.5. The molecule has 1 atom stereocenters. The van der Waals surface area contributed by atoms with Crippen LogP contribution in [0.4, 0.5) is 0 Å². The molecule has 14 aromatic rings. The highest BCUT2D eigenvalue weighted by Gasteiger charge is 2.24. The first-order valence-electron chi connectivity index (χ1n) is 37.7. The van der Waals surface area contributed by atoms with E-state index in [-0.39, 0.29) is 6.10 Å². The van der Waals surface area contributed by atoms with E-state index in [2.05, 4.69) is 347 Å². The Hall–Kier alpha value is -11.2. The molecule has 104 heavy (non-hydrogen) atoms. The lowest BCUT2D eigenvalue weighted by Gasteiger charge is -2.18. The minimum Gasteiger partial charge on any atom is -0.490 e. The van der Waals surface area contributed by atoms with Crippen LogP contribution in [-0.4, -0.2) is 19.3 Å². The van der Waals surface area contributed by atoms with Crippen LogP contribution < -0.4 is 4.74 Å². The molecular weight excluding hydrogens is 1260 g/mol. The van der Waals surface area contributed by atoms with Crippen LogP contribution in [0.5, 0.6) is 5.75 Å². The molecule has 1 aliphatic heterocycles. The van der Waals surface area contributed by atoms with Gasteiger partial charge in [-0.3, -0.25) is 0 Å². The summed E-state index contributed by atoms with van der Waals surface area (Å²) in [5, 5.41) is 0. The van der Waals surface area contributed by atoms with Gasteiger partial charge < -0.3 is 9.47 Å². The zero-order valence-electron chi connectivity index (χ0n) is 60.0. The van der Waals surface area contributed by atoms with Crippen molar-refractivity contribution >= 4 is 0 Å². The Kier molecular flexibility index (Phi) is 22.3. The molecule has 1 fully saturated rings. The van der Waals surface area contributed by atoms with Crippen molar-refractivity contribution in [3.63, 3.8) is 0 Å². The molecule has 2 heteroatoms. The summed E-state index contributed by atoms with van der Waals surface area (Å²) >= 11 is 0. The standard InChI is InChI=1S/C102H92O2/c1-2-74-31-3-4-32-75(74)59-76-33-5-6-34-77(76)60-78-35-7-8-36-79(78)61-80-37-9-10-38-81(80)62-82-39-11-12-40-83(82)63-84-41-13-14-42-85(84)64-86-43-15-16-44-87(86)65-88-45-17-18-46-89(88)66-90-47-19-20-48-91(90)67-92-49-21-22-50-93(92)68-94-51-23-24-52-95(94)69-96-53-25-26-54-97(96)70-98-55-27-28-56-99(98)71-100-57-29-30-58-102(100)104-73-101-72-103-101/h3-58,101H,2,59-73H2,1H3. The SMILES string of the molecule is CCc1ccccc1Cc1ccccc1Cc1ccccc1Cc1ccccc1Cc1ccccc1Cc1ccccc1Cc1ccccc1Cc1ccccc1Cc1ccccc1Cc1ccccc1Cc1ccccc1Cc1ccccc1Cc1ccccc1Cc1ccccc1OCC1CO1. The smallest absolute Gasteiger partial charge is 0.122 e. The lowest BCUT2D eigenvalue weighted by molar-refractivity contribution is 0.261. The summed E-state index contributed by atoms with van der Waals surface area (Å²) in [7, 11) is 0. The third kappa shape index (κ3) is 17.5. The van der Waals surface area contributed by atoms with Crippen LogP contribution in [0, 0.1) is 0 Å². The number of ether oxygens (including phenoxy) is 2. The molecule has 512 valence electrons. The minimum absolute atomic E-state index is 0.215. The highest BCUT2D eigenvalue weighted by molar-refractivity contribution is 5.51. The Morgan fingerprint density at radius 3 is 0.471 bits per heavy atom. The topological polar surface area (TPSA) is 21.8 Å². The van der Waals surface area contributed by atoms with Crippen LogP contribution in [0.15, 0.2) is 340 Å². The highest BCUT2D eigenvalue weighted by Crippen LogP contribution is 2.33. The van der Waals surface area contributed by atoms with E-state index in [9.17, 15) is 0 Å². The first kappa shape index (κ1) is 68.6. The Morgan fingerprint density at radius 1 is 0.192 bits per heavy atom. The third-order valence-corrected chi connectivity index (χ3v) is 21.7. The van der Waals surface area contributed by atoms with Gasteiger partial charge in [0.05, 0.1) is 6.61 Å². The lowest BCUT2D eigenvalue weighted by atomic mass is 9.87. The molecule has 0 aliphatic carbocycles. The van der Waals surface area contributed by atoms with Crippen LogP contribution >= 0.6 is 0 Å². The van der Waals surface area contributed by atoms with Crippen molar-refractivity contribution in [2.24, 2.45) is 0 Å². The van der Waals surface area contributed by atoms with Crippen LogP contribution in [0.2, 0.25) is 0 Å².